The average molecular weight is 265 g/mol. The van der Waals surface area contributed by atoms with Crippen LogP contribution in [0.15, 0.2) is 30.3 Å². The molecule has 3 rings (SSSR count). The number of aromatic nitrogens is 1. The number of fused-ring (bicyclic) bond motifs is 1. The summed E-state index contributed by atoms with van der Waals surface area (Å²) in [7, 11) is 0. The highest BCUT2D eigenvalue weighted by Crippen LogP contribution is 2.19. The molecule has 2 nitrogen and oxygen atoms in total. The first-order valence-electron chi connectivity index (χ1n) is 6.72. The van der Waals surface area contributed by atoms with E-state index in [-0.39, 0.29) is 12.4 Å². The van der Waals surface area contributed by atoms with Crippen LogP contribution in [0, 0.1) is 0 Å². The second-order valence-corrected chi connectivity index (χ2v) is 5.10. The first kappa shape index (κ1) is 13.4. The molecule has 98 valence electrons. The van der Waals surface area contributed by atoms with E-state index < -0.39 is 0 Å². The minimum atomic E-state index is 0. The standard InChI is InChI=1S/C15H20N2.ClH/c1-2-7-13(8-3-1)16-11-14-10-12-6-4-5-9-15(12)17-14;/h4-6,9-10,13,16-17H,1-3,7-8,11H2;1H. The Morgan fingerprint density at radius 1 is 1.11 bits per heavy atom. The molecule has 0 aliphatic heterocycles. The largest absolute Gasteiger partial charge is 0.357 e. The number of rotatable bonds is 3. The molecule has 1 fully saturated rings. The molecule has 0 saturated heterocycles. The molecule has 0 unspecified atom stereocenters. The van der Waals surface area contributed by atoms with Crippen LogP contribution in [-0.4, -0.2) is 11.0 Å². The molecule has 1 saturated carbocycles. The molecule has 1 aliphatic rings. The molecule has 0 radical (unpaired) electrons. The van der Waals surface area contributed by atoms with Gasteiger partial charge in [-0.05, 0) is 30.4 Å². The Morgan fingerprint density at radius 2 is 1.89 bits per heavy atom. The average Bonchev–Trinajstić information content (AvgIpc) is 2.80. The SMILES string of the molecule is Cl.c1ccc2[nH]c(CNC3CCCCC3)cc2c1. The topological polar surface area (TPSA) is 27.8 Å². The molecule has 1 aromatic carbocycles. The van der Waals surface area contributed by atoms with Gasteiger partial charge in [-0.2, -0.15) is 0 Å². The Kier molecular flexibility index (Phi) is 4.67. The first-order chi connectivity index (χ1) is 8.42. The van der Waals surface area contributed by atoms with Gasteiger partial charge in [-0.25, -0.2) is 0 Å². The summed E-state index contributed by atoms with van der Waals surface area (Å²) < 4.78 is 0. The van der Waals surface area contributed by atoms with Gasteiger partial charge in [0.05, 0.1) is 0 Å². The van der Waals surface area contributed by atoms with Gasteiger partial charge in [0.15, 0.2) is 0 Å². The molecule has 18 heavy (non-hydrogen) atoms. The number of hydrogen-bond donors (Lipinski definition) is 2. The Balaban J connectivity index is 0.00000120. The van der Waals surface area contributed by atoms with Crippen molar-refractivity contribution in [2.75, 3.05) is 0 Å². The van der Waals surface area contributed by atoms with E-state index in [2.05, 4.69) is 40.6 Å². The number of nitrogens with one attached hydrogen (secondary N) is 2. The maximum absolute atomic E-state index is 3.67. The van der Waals surface area contributed by atoms with Crippen LogP contribution in [0.5, 0.6) is 0 Å². The molecule has 0 atom stereocenters. The van der Waals surface area contributed by atoms with Gasteiger partial charge in [-0.1, -0.05) is 37.5 Å². The zero-order chi connectivity index (χ0) is 11.5. The maximum Gasteiger partial charge on any atom is 0.0456 e. The van der Waals surface area contributed by atoms with E-state index in [1.165, 1.54) is 48.7 Å². The smallest absolute Gasteiger partial charge is 0.0456 e. The van der Waals surface area contributed by atoms with Gasteiger partial charge in [-0.15, -0.1) is 12.4 Å². The quantitative estimate of drug-likeness (QED) is 0.861. The van der Waals surface area contributed by atoms with Crippen molar-refractivity contribution in [3.8, 4) is 0 Å². The molecule has 1 aliphatic carbocycles. The second kappa shape index (κ2) is 6.26. The molecule has 0 amide bonds. The number of aromatic amines is 1. The van der Waals surface area contributed by atoms with Crippen molar-refractivity contribution in [2.45, 2.75) is 44.7 Å². The van der Waals surface area contributed by atoms with Crippen molar-refractivity contribution in [3.05, 3.63) is 36.0 Å². The number of hydrogen-bond acceptors (Lipinski definition) is 1. The first-order valence-corrected chi connectivity index (χ1v) is 6.72. The molecule has 1 aromatic heterocycles. The summed E-state index contributed by atoms with van der Waals surface area (Å²) in [5.41, 5.74) is 2.55. The highest BCUT2D eigenvalue weighted by atomic mass is 35.5. The van der Waals surface area contributed by atoms with E-state index in [1.54, 1.807) is 0 Å². The van der Waals surface area contributed by atoms with Crippen LogP contribution in [0.25, 0.3) is 10.9 Å². The molecule has 1 heterocycles. The number of benzene rings is 1. The van der Waals surface area contributed by atoms with Crippen LogP contribution >= 0.6 is 12.4 Å². The van der Waals surface area contributed by atoms with E-state index in [1.807, 2.05) is 0 Å². The lowest BCUT2D eigenvalue weighted by atomic mass is 9.95. The molecule has 2 aromatic rings. The van der Waals surface area contributed by atoms with Crippen molar-refractivity contribution in [2.24, 2.45) is 0 Å². The van der Waals surface area contributed by atoms with Gasteiger partial charge >= 0.3 is 0 Å². The summed E-state index contributed by atoms with van der Waals surface area (Å²) in [6.45, 7) is 0.972. The van der Waals surface area contributed by atoms with Gasteiger partial charge < -0.3 is 10.3 Å². The van der Waals surface area contributed by atoms with Crippen LogP contribution < -0.4 is 5.32 Å². The fourth-order valence-corrected chi connectivity index (χ4v) is 2.79. The summed E-state index contributed by atoms with van der Waals surface area (Å²) >= 11 is 0. The molecule has 0 bridgehead atoms. The third-order valence-electron chi connectivity index (χ3n) is 3.77. The number of halogens is 1. The predicted molar refractivity (Wildman–Crippen MR) is 79.3 cm³/mol. The Morgan fingerprint density at radius 3 is 2.67 bits per heavy atom. The van der Waals surface area contributed by atoms with E-state index in [0.717, 1.165) is 12.6 Å². The van der Waals surface area contributed by atoms with Crippen molar-refractivity contribution >= 4 is 23.3 Å². The normalized spacial score (nSPS) is 16.7. The maximum atomic E-state index is 3.67. The minimum absolute atomic E-state index is 0. The highest BCUT2D eigenvalue weighted by Gasteiger charge is 2.12. The van der Waals surface area contributed by atoms with Crippen molar-refractivity contribution < 1.29 is 0 Å². The van der Waals surface area contributed by atoms with Crippen molar-refractivity contribution in [3.63, 3.8) is 0 Å². The van der Waals surface area contributed by atoms with Crippen molar-refractivity contribution in [1.82, 2.24) is 10.3 Å². The lowest BCUT2D eigenvalue weighted by Crippen LogP contribution is -2.30. The third kappa shape index (κ3) is 3.06. The van der Waals surface area contributed by atoms with Gasteiger partial charge in [0.1, 0.15) is 0 Å². The van der Waals surface area contributed by atoms with Gasteiger partial charge in [0.25, 0.3) is 0 Å². The third-order valence-corrected chi connectivity index (χ3v) is 3.77. The number of para-hydroxylation sites is 1. The summed E-state index contributed by atoms with van der Waals surface area (Å²) in [5, 5.41) is 4.98. The Bertz CT molecular complexity index is 453. The predicted octanol–water partition coefficient (Wildman–Crippen LogP) is 4.01. The van der Waals surface area contributed by atoms with Gasteiger partial charge in [0.2, 0.25) is 0 Å². The van der Waals surface area contributed by atoms with Gasteiger partial charge in [-0.3, -0.25) is 0 Å². The summed E-state index contributed by atoms with van der Waals surface area (Å²) in [6, 6.07) is 11.5. The number of H-pyrrole nitrogens is 1. The van der Waals surface area contributed by atoms with Crippen LogP contribution in [0.3, 0.4) is 0 Å². The van der Waals surface area contributed by atoms with E-state index in [9.17, 15) is 0 Å². The molecule has 0 spiro atoms. The van der Waals surface area contributed by atoms with Crippen LogP contribution in [0.1, 0.15) is 37.8 Å². The monoisotopic (exact) mass is 264 g/mol. The molecular formula is C15H21ClN2. The fourth-order valence-electron chi connectivity index (χ4n) is 2.79. The summed E-state index contributed by atoms with van der Waals surface area (Å²) in [5.74, 6) is 0. The van der Waals surface area contributed by atoms with E-state index in [0.29, 0.717) is 0 Å². The second-order valence-electron chi connectivity index (χ2n) is 5.10. The van der Waals surface area contributed by atoms with Crippen molar-refractivity contribution in [1.29, 1.82) is 0 Å². The Hall–Kier alpha value is -0.990. The van der Waals surface area contributed by atoms with Gasteiger partial charge in [0, 0.05) is 23.8 Å². The summed E-state index contributed by atoms with van der Waals surface area (Å²) in [4.78, 5) is 3.47. The fraction of sp³-hybridized carbons (Fsp3) is 0.467. The van der Waals surface area contributed by atoms with E-state index in [4.69, 9.17) is 0 Å². The van der Waals surface area contributed by atoms with Crippen LogP contribution in [0.2, 0.25) is 0 Å². The molecular weight excluding hydrogens is 244 g/mol. The van der Waals surface area contributed by atoms with Crippen LogP contribution in [0.4, 0.5) is 0 Å². The molecule has 3 heteroatoms. The Labute approximate surface area is 115 Å². The molecule has 2 N–H and O–H groups in total. The zero-order valence-electron chi connectivity index (χ0n) is 10.6. The minimum Gasteiger partial charge on any atom is -0.357 e. The lowest BCUT2D eigenvalue weighted by molar-refractivity contribution is 0.371. The summed E-state index contributed by atoms with van der Waals surface area (Å²) in [6.07, 6.45) is 6.90. The van der Waals surface area contributed by atoms with Crippen LogP contribution in [-0.2, 0) is 6.54 Å². The van der Waals surface area contributed by atoms with E-state index >= 15 is 0 Å². The lowest BCUT2D eigenvalue weighted by Gasteiger charge is -2.22. The zero-order valence-corrected chi connectivity index (χ0v) is 11.4. The highest BCUT2D eigenvalue weighted by molar-refractivity contribution is 5.85.